The molecule has 96 valence electrons. The summed E-state index contributed by atoms with van der Waals surface area (Å²) in [6, 6.07) is 0. The Bertz CT molecular complexity index is 386. The molecular weight excluding hydrogens is 242 g/mol. The van der Waals surface area contributed by atoms with Crippen LogP contribution in [0.1, 0.15) is 24.7 Å². The average molecular weight is 260 g/mol. The van der Waals surface area contributed by atoms with Gasteiger partial charge >= 0.3 is 0 Å². The van der Waals surface area contributed by atoms with Gasteiger partial charge < -0.3 is 15.5 Å². The molecule has 0 unspecified atom stereocenters. The molecule has 0 aliphatic carbocycles. The van der Waals surface area contributed by atoms with Crippen molar-refractivity contribution in [3.63, 3.8) is 0 Å². The lowest BCUT2D eigenvalue weighted by atomic mass is 9.98. The molecule has 17 heavy (non-hydrogen) atoms. The topological polar surface area (TPSA) is 78.3 Å². The quantitative estimate of drug-likeness (QED) is 0.695. The Labute approximate surface area is 106 Å². The third-order valence-corrected chi connectivity index (χ3v) is 3.23. The summed E-state index contributed by atoms with van der Waals surface area (Å²) in [5.41, 5.74) is -0.0773. The van der Waals surface area contributed by atoms with Gasteiger partial charge in [-0.25, -0.2) is 9.97 Å². The fraction of sp³-hybridized carbons (Fsp3) is 0.636. The molecule has 1 heterocycles. The second kappa shape index (κ2) is 5.62. The van der Waals surface area contributed by atoms with Crippen molar-refractivity contribution in [1.29, 1.82) is 0 Å². The van der Waals surface area contributed by atoms with Crippen LogP contribution in [0.4, 0.5) is 5.82 Å². The number of aromatic nitrogens is 2. The van der Waals surface area contributed by atoms with E-state index in [0.717, 1.165) is 0 Å². The first-order valence-corrected chi connectivity index (χ1v) is 5.86. The van der Waals surface area contributed by atoms with Crippen LogP contribution in [0.3, 0.4) is 0 Å². The molecule has 0 aliphatic rings. The first-order valence-electron chi connectivity index (χ1n) is 5.48. The van der Waals surface area contributed by atoms with Crippen molar-refractivity contribution in [1.82, 2.24) is 9.97 Å². The third-order valence-electron chi connectivity index (χ3n) is 2.86. The van der Waals surface area contributed by atoms with Crippen LogP contribution in [-0.4, -0.2) is 38.9 Å². The van der Waals surface area contributed by atoms with Crippen molar-refractivity contribution in [2.75, 3.05) is 18.5 Å². The van der Waals surface area contributed by atoms with Gasteiger partial charge in [-0.15, -0.1) is 0 Å². The minimum atomic E-state index is -0.783. The van der Waals surface area contributed by atoms with Gasteiger partial charge in [0.25, 0.3) is 0 Å². The standard InChI is InChI=1S/C11H18ClN3O2/c1-4-11(5-16,6-17)15-10-7(2)9(12)13-8(3)14-10/h16-17H,4-6H2,1-3H3,(H,13,14,15). The van der Waals surface area contributed by atoms with Crippen LogP contribution in [-0.2, 0) is 0 Å². The summed E-state index contributed by atoms with van der Waals surface area (Å²) in [6.45, 7) is 5.05. The van der Waals surface area contributed by atoms with Gasteiger partial charge in [-0.2, -0.15) is 0 Å². The number of rotatable bonds is 5. The van der Waals surface area contributed by atoms with Crippen molar-refractivity contribution in [3.8, 4) is 0 Å². The minimum absolute atomic E-state index is 0.180. The number of hydrogen-bond donors (Lipinski definition) is 3. The number of aryl methyl sites for hydroxylation is 1. The monoisotopic (exact) mass is 259 g/mol. The van der Waals surface area contributed by atoms with Crippen LogP contribution in [0.15, 0.2) is 0 Å². The number of nitrogens with zero attached hydrogens (tertiary/aromatic N) is 2. The minimum Gasteiger partial charge on any atom is -0.394 e. The Morgan fingerprint density at radius 1 is 1.24 bits per heavy atom. The fourth-order valence-corrected chi connectivity index (χ4v) is 1.62. The summed E-state index contributed by atoms with van der Waals surface area (Å²) in [7, 11) is 0. The molecule has 0 aliphatic heterocycles. The fourth-order valence-electron chi connectivity index (χ4n) is 1.41. The molecule has 0 spiro atoms. The number of halogens is 1. The zero-order valence-electron chi connectivity index (χ0n) is 10.3. The number of aliphatic hydroxyl groups excluding tert-OH is 2. The van der Waals surface area contributed by atoms with E-state index in [2.05, 4.69) is 15.3 Å². The molecule has 3 N–H and O–H groups in total. The van der Waals surface area contributed by atoms with Crippen molar-refractivity contribution < 1.29 is 10.2 Å². The average Bonchev–Trinajstić information content (AvgIpc) is 2.32. The van der Waals surface area contributed by atoms with E-state index in [9.17, 15) is 10.2 Å². The number of aliphatic hydroxyl groups is 2. The zero-order chi connectivity index (χ0) is 13.1. The van der Waals surface area contributed by atoms with E-state index in [1.54, 1.807) is 13.8 Å². The first kappa shape index (κ1) is 14.2. The van der Waals surface area contributed by atoms with Gasteiger partial charge in [-0.05, 0) is 20.3 Å². The highest BCUT2D eigenvalue weighted by Gasteiger charge is 2.27. The lowest BCUT2D eigenvalue weighted by Crippen LogP contribution is -2.45. The molecular formula is C11H18ClN3O2. The summed E-state index contributed by atoms with van der Waals surface area (Å²) in [5.74, 6) is 1.09. The van der Waals surface area contributed by atoms with Gasteiger partial charge in [0.05, 0.1) is 18.8 Å². The SMILES string of the molecule is CCC(CO)(CO)Nc1nc(C)nc(Cl)c1C. The molecule has 0 saturated carbocycles. The van der Waals surface area contributed by atoms with Crippen LogP contribution in [0.2, 0.25) is 5.15 Å². The van der Waals surface area contributed by atoms with E-state index in [0.29, 0.717) is 28.8 Å². The van der Waals surface area contributed by atoms with Crippen LogP contribution in [0.5, 0.6) is 0 Å². The van der Waals surface area contributed by atoms with Gasteiger partial charge in [0, 0.05) is 5.56 Å². The predicted octanol–water partition coefficient (Wildman–Crippen LogP) is 1.29. The molecule has 0 bridgehead atoms. The normalized spacial score (nSPS) is 11.6. The summed E-state index contributed by atoms with van der Waals surface area (Å²) in [4.78, 5) is 8.26. The maximum absolute atomic E-state index is 9.37. The van der Waals surface area contributed by atoms with E-state index in [1.807, 2.05) is 6.92 Å². The lowest BCUT2D eigenvalue weighted by molar-refractivity contribution is 0.132. The molecule has 6 heteroatoms. The number of anilines is 1. The van der Waals surface area contributed by atoms with Gasteiger partial charge in [0.1, 0.15) is 16.8 Å². The molecule has 5 nitrogen and oxygen atoms in total. The Morgan fingerprint density at radius 2 is 1.82 bits per heavy atom. The van der Waals surface area contributed by atoms with E-state index in [1.165, 1.54) is 0 Å². The first-order chi connectivity index (χ1) is 7.98. The molecule has 1 aromatic heterocycles. The summed E-state index contributed by atoms with van der Waals surface area (Å²) in [5, 5.41) is 22.2. The van der Waals surface area contributed by atoms with E-state index >= 15 is 0 Å². The van der Waals surface area contributed by atoms with E-state index in [-0.39, 0.29) is 13.2 Å². The second-order valence-corrected chi connectivity index (χ2v) is 4.47. The highest BCUT2D eigenvalue weighted by Crippen LogP contribution is 2.24. The molecule has 0 radical (unpaired) electrons. The Kier molecular flexibility index (Phi) is 4.68. The number of nitrogens with one attached hydrogen (secondary N) is 1. The maximum atomic E-state index is 9.37. The van der Waals surface area contributed by atoms with Crippen molar-refractivity contribution >= 4 is 17.4 Å². The lowest BCUT2D eigenvalue weighted by Gasteiger charge is -2.31. The summed E-state index contributed by atoms with van der Waals surface area (Å²) in [6.07, 6.45) is 0.570. The number of hydrogen-bond acceptors (Lipinski definition) is 5. The van der Waals surface area contributed by atoms with E-state index in [4.69, 9.17) is 11.6 Å². The van der Waals surface area contributed by atoms with Crippen LogP contribution < -0.4 is 5.32 Å². The van der Waals surface area contributed by atoms with Gasteiger partial charge in [-0.1, -0.05) is 18.5 Å². The zero-order valence-corrected chi connectivity index (χ0v) is 11.0. The Hall–Kier alpha value is -0.910. The van der Waals surface area contributed by atoms with Crippen molar-refractivity contribution in [2.45, 2.75) is 32.7 Å². The molecule has 0 fully saturated rings. The highest BCUT2D eigenvalue weighted by atomic mass is 35.5. The van der Waals surface area contributed by atoms with Gasteiger partial charge in [0.2, 0.25) is 0 Å². The van der Waals surface area contributed by atoms with Crippen molar-refractivity contribution in [2.24, 2.45) is 0 Å². The van der Waals surface area contributed by atoms with Crippen LogP contribution >= 0.6 is 11.6 Å². The highest BCUT2D eigenvalue weighted by molar-refractivity contribution is 6.30. The molecule has 1 rings (SSSR count). The van der Waals surface area contributed by atoms with Crippen LogP contribution in [0, 0.1) is 13.8 Å². The van der Waals surface area contributed by atoms with E-state index < -0.39 is 5.54 Å². The van der Waals surface area contributed by atoms with Gasteiger partial charge in [-0.3, -0.25) is 0 Å². The van der Waals surface area contributed by atoms with Crippen LogP contribution in [0.25, 0.3) is 0 Å². The molecule has 0 atom stereocenters. The molecule has 0 saturated heterocycles. The second-order valence-electron chi connectivity index (χ2n) is 4.11. The summed E-state index contributed by atoms with van der Waals surface area (Å²) >= 11 is 5.96. The molecule has 0 amide bonds. The smallest absolute Gasteiger partial charge is 0.137 e. The third kappa shape index (κ3) is 3.06. The van der Waals surface area contributed by atoms with Gasteiger partial charge in [0.15, 0.2) is 0 Å². The summed E-state index contributed by atoms with van der Waals surface area (Å²) < 4.78 is 0. The maximum Gasteiger partial charge on any atom is 0.137 e. The molecule has 0 aromatic carbocycles. The largest absolute Gasteiger partial charge is 0.394 e. The molecule has 1 aromatic rings. The Morgan fingerprint density at radius 3 is 2.29 bits per heavy atom. The van der Waals surface area contributed by atoms with Crippen molar-refractivity contribution in [3.05, 3.63) is 16.5 Å². The predicted molar refractivity (Wildman–Crippen MR) is 67.3 cm³/mol. The Balaban J connectivity index is 3.09.